The number of imide groups is 1. The zero-order valence-corrected chi connectivity index (χ0v) is 19.5. The molecular weight excluding hydrogens is 462 g/mol. The number of urea groups is 1. The predicted octanol–water partition coefficient (Wildman–Crippen LogP) is 5.35. The van der Waals surface area contributed by atoms with Gasteiger partial charge in [-0.1, -0.05) is 48.0 Å². The van der Waals surface area contributed by atoms with Gasteiger partial charge in [0.15, 0.2) is 0 Å². The van der Waals surface area contributed by atoms with Crippen LogP contribution in [0.5, 0.6) is 0 Å². The highest BCUT2D eigenvalue weighted by Gasteiger charge is 2.45. The van der Waals surface area contributed by atoms with Gasteiger partial charge in [0.1, 0.15) is 0 Å². The van der Waals surface area contributed by atoms with Crippen LogP contribution in [0.4, 0.5) is 10.5 Å². The monoisotopic (exact) mass is 483 g/mol. The Morgan fingerprint density at radius 3 is 2.69 bits per heavy atom. The van der Waals surface area contributed by atoms with E-state index in [4.69, 9.17) is 11.6 Å². The van der Waals surface area contributed by atoms with Gasteiger partial charge in [0.2, 0.25) is 5.91 Å². The van der Waals surface area contributed by atoms with Gasteiger partial charge in [-0.2, -0.15) is 10.2 Å². The summed E-state index contributed by atoms with van der Waals surface area (Å²) >= 11 is 6.70. The fraction of sp³-hybridized carbons (Fsp3) is 0.222. The SMILES string of the molecule is O=C1NC2CC(c3c(Cl)cccc3-c3ccnnc3)CCC2C(=O)N1c1cncc2ccccc12. The van der Waals surface area contributed by atoms with E-state index in [0.717, 1.165) is 33.9 Å². The number of anilines is 1. The Balaban J connectivity index is 1.31. The fourth-order valence-electron chi connectivity index (χ4n) is 5.54. The highest BCUT2D eigenvalue weighted by molar-refractivity contribution is 6.32. The second-order valence-electron chi connectivity index (χ2n) is 9.06. The first-order chi connectivity index (χ1) is 17.1. The minimum absolute atomic E-state index is 0.104. The molecule has 174 valence electrons. The van der Waals surface area contributed by atoms with E-state index >= 15 is 0 Å². The average Bonchev–Trinajstić information content (AvgIpc) is 2.89. The van der Waals surface area contributed by atoms with Gasteiger partial charge in [-0.25, -0.2) is 9.69 Å². The molecule has 1 aliphatic carbocycles. The molecule has 0 spiro atoms. The van der Waals surface area contributed by atoms with Crippen LogP contribution in [0, 0.1) is 5.92 Å². The number of halogens is 1. The largest absolute Gasteiger partial charge is 0.334 e. The van der Waals surface area contributed by atoms with Crippen LogP contribution in [0.25, 0.3) is 21.9 Å². The maximum Gasteiger partial charge on any atom is 0.329 e. The Morgan fingerprint density at radius 2 is 1.83 bits per heavy atom. The molecule has 2 aliphatic rings. The topological polar surface area (TPSA) is 88.1 Å². The molecule has 1 aliphatic heterocycles. The van der Waals surface area contributed by atoms with Gasteiger partial charge in [0.05, 0.1) is 30.2 Å². The Hall–Kier alpha value is -3.84. The summed E-state index contributed by atoms with van der Waals surface area (Å²) in [6.45, 7) is 0. The number of carbonyl (C=O) groups is 2. The molecule has 6 rings (SSSR count). The average molecular weight is 484 g/mol. The van der Waals surface area contributed by atoms with Crippen LogP contribution >= 0.6 is 11.6 Å². The van der Waals surface area contributed by atoms with E-state index in [2.05, 4.69) is 20.5 Å². The summed E-state index contributed by atoms with van der Waals surface area (Å²) in [6.07, 6.45) is 8.79. The molecule has 3 amide bonds. The molecule has 1 saturated heterocycles. The Bertz CT molecular complexity index is 1440. The van der Waals surface area contributed by atoms with Gasteiger partial charge in [-0.05, 0) is 48.4 Å². The minimum Gasteiger partial charge on any atom is -0.334 e. The lowest BCUT2D eigenvalue weighted by molar-refractivity contribution is -0.124. The van der Waals surface area contributed by atoms with Gasteiger partial charge in [0.25, 0.3) is 0 Å². The summed E-state index contributed by atoms with van der Waals surface area (Å²) in [5, 5.41) is 13.4. The van der Waals surface area contributed by atoms with Gasteiger partial charge in [0, 0.05) is 33.6 Å². The molecule has 35 heavy (non-hydrogen) atoms. The second-order valence-corrected chi connectivity index (χ2v) is 9.47. The number of nitrogens with zero attached hydrogens (tertiary/aromatic N) is 4. The molecule has 3 heterocycles. The summed E-state index contributed by atoms with van der Waals surface area (Å²) in [6, 6.07) is 14.7. The lowest BCUT2D eigenvalue weighted by Gasteiger charge is -2.43. The van der Waals surface area contributed by atoms with E-state index in [1.165, 1.54) is 4.90 Å². The van der Waals surface area contributed by atoms with E-state index in [0.29, 0.717) is 23.6 Å². The molecule has 0 radical (unpaired) electrons. The smallest absolute Gasteiger partial charge is 0.329 e. The van der Waals surface area contributed by atoms with E-state index in [1.807, 2.05) is 48.5 Å². The normalized spacial score (nSPS) is 22.1. The zero-order valence-electron chi connectivity index (χ0n) is 18.8. The van der Waals surface area contributed by atoms with Crippen molar-refractivity contribution in [3.8, 4) is 11.1 Å². The Kier molecular flexibility index (Phi) is 5.41. The molecule has 1 N–H and O–H groups in total. The summed E-state index contributed by atoms with van der Waals surface area (Å²) in [7, 11) is 0. The number of nitrogens with one attached hydrogen (secondary N) is 1. The molecular formula is C27H22ClN5O2. The number of fused-ring (bicyclic) bond motifs is 2. The first-order valence-electron chi connectivity index (χ1n) is 11.6. The van der Waals surface area contributed by atoms with Crippen LogP contribution in [0.1, 0.15) is 30.7 Å². The molecule has 3 unspecified atom stereocenters. The molecule has 0 bridgehead atoms. The number of rotatable bonds is 3. The quantitative estimate of drug-likeness (QED) is 0.424. The maximum atomic E-state index is 13.6. The molecule has 2 aromatic carbocycles. The lowest BCUT2D eigenvalue weighted by Crippen LogP contribution is -2.61. The zero-order chi connectivity index (χ0) is 23.9. The van der Waals surface area contributed by atoms with Crippen molar-refractivity contribution in [3.05, 3.63) is 83.9 Å². The first-order valence-corrected chi connectivity index (χ1v) is 12.0. The van der Waals surface area contributed by atoms with Crippen molar-refractivity contribution in [2.75, 3.05) is 4.90 Å². The van der Waals surface area contributed by atoms with E-state index < -0.39 is 6.03 Å². The van der Waals surface area contributed by atoms with E-state index in [1.54, 1.807) is 24.8 Å². The van der Waals surface area contributed by atoms with Crippen molar-refractivity contribution in [3.63, 3.8) is 0 Å². The van der Waals surface area contributed by atoms with Crippen molar-refractivity contribution in [2.24, 2.45) is 5.92 Å². The third kappa shape index (κ3) is 3.72. The highest BCUT2D eigenvalue weighted by atomic mass is 35.5. The van der Waals surface area contributed by atoms with Gasteiger partial charge in [-0.15, -0.1) is 0 Å². The fourth-order valence-corrected chi connectivity index (χ4v) is 5.87. The number of amides is 3. The van der Waals surface area contributed by atoms with E-state index in [-0.39, 0.29) is 23.8 Å². The van der Waals surface area contributed by atoms with Crippen molar-refractivity contribution >= 4 is 40.0 Å². The van der Waals surface area contributed by atoms with E-state index in [9.17, 15) is 9.59 Å². The summed E-state index contributed by atoms with van der Waals surface area (Å²) < 4.78 is 0. The second kappa shape index (κ2) is 8.74. The summed E-state index contributed by atoms with van der Waals surface area (Å²) in [5.74, 6) is -0.364. The Labute approximate surface area is 207 Å². The number of aromatic nitrogens is 3. The molecule has 3 atom stereocenters. The standard InChI is InChI=1S/C27H22ClN5O2/c28-22-7-3-6-20(18-10-11-30-31-14-18)25(22)16-8-9-21-23(12-16)32-27(35)33(26(21)34)24-15-29-13-17-4-1-2-5-19(17)24/h1-7,10-11,13-16,21,23H,8-9,12H2,(H,32,35). The molecule has 2 fully saturated rings. The number of carbonyl (C=O) groups excluding carboxylic acids is 2. The van der Waals surface area contributed by atoms with Crippen LogP contribution < -0.4 is 10.2 Å². The summed E-state index contributed by atoms with van der Waals surface area (Å²) in [5.41, 5.74) is 3.50. The van der Waals surface area contributed by atoms with Gasteiger partial charge < -0.3 is 5.32 Å². The third-order valence-corrected chi connectivity index (χ3v) is 7.47. The first kappa shape index (κ1) is 21.7. The minimum atomic E-state index is -0.409. The Morgan fingerprint density at radius 1 is 0.943 bits per heavy atom. The molecule has 4 aromatic rings. The van der Waals surface area contributed by atoms with Crippen molar-refractivity contribution in [2.45, 2.75) is 31.2 Å². The molecule has 7 nitrogen and oxygen atoms in total. The van der Waals surface area contributed by atoms with Gasteiger partial charge >= 0.3 is 6.03 Å². The number of hydrogen-bond donors (Lipinski definition) is 1. The summed E-state index contributed by atoms with van der Waals surface area (Å²) in [4.78, 5) is 32.4. The van der Waals surface area contributed by atoms with Crippen LogP contribution in [0.3, 0.4) is 0 Å². The van der Waals surface area contributed by atoms with Gasteiger partial charge in [-0.3, -0.25) is 9.78 Å². The third-order valence-electron chi connectivity index (χ3n) is 7.14. The lowest BCUT2D eigenvalue weighted by atomic mass is 9.73. The predicted molar refractivity (Wildman–Crippen MR) is 134 cm³/mol. The number of benzene rings is 2. The number of hydrogen-bond acceptors (Lipinski definition) is 5. The van der Waals surface area contributed by atoms with Crippen molar-refractivity contribution in [1.82, 2.24) is 20.5 Å². The van der Waals surface area contributed by atoms with Crippen molar-refractivity contribution < 1.29 is 9.59 Å². The van der Waals surface area contributed by atoms with Crippen molar-refractivity contribution in [1.29, 1.82) is 0 Å². The number of pyridine rings is 1. The van der Waals surface area contributed by atoms with Crippen LogP contribution in [-0.2, 0) is 4.79 Å². The molecule has 2 aromatic heterocycles. The van der Waals surface area contributed by atoms with Crippen LogP contribution in [-0.4, -0.2) is 33.2 Å². The van der Waals surface area contributed by atoms with Crippen LogP contribution in [0.2, 0.25) is 5.02 Å². The highest BCUT2D eigenvalue weighted by Crippen LogP contribution is 2.45. The maximum absolute atomic E-state index is 13.6. The van der Waals surface area contributed by atoms with Crippen LogP contribution in [0.15, 0.2) is 73.3 Å². The molecule has 8 heteroatoms. The molecule has 1 saturated carbocycles.